The van der Waals surface area contributed by atoms with Crippen molar-refractivity contribution >= 4 is 40.1 Å². The van der Waals surface area contributed by atoms with Gasteiger partial charge in [0.05, 0.1) is 29.0 Å². The van der Waals surface area contributed by atoms with Crippen molar-refractivity contribution in [2.75, 3.05) is 4.90 Å². The zero-order valence-corrected chi connectivity index (χ0v) is 27.4. The van der Waals surface area contributed by atoms with Crippen LogP contribution in [0.1, 0.15) is 81.0 Å². The van der Waals surface area contributed by atoms with Crippen LogP contribution in [-0.2, 0) is 0 Å². The van der Waals surface area contributed by atoms with Crippen molar-refractivity contribution < 1.29 is 19.2 Å². The summed E-state index contributed by atoms with van der Waals surface area (Å²) in [7, 11) is 0. The number of carbonyl (C=O) groups excluding carboxylic acids is 4. The molecule has 0 saturated carbocycles. The normalized spacial score (nSPS) is 14.5. The molecule has 6 aromatic rings. The number of pyridine rings is 2. The lowest BCUT2D eigenvalue weighted by Crippen LogP contribution is -2.46. The van der Waals surface area contributed by atoms with Crippen molar-refractivity contribution in [1.82, 2.24) is 29.9 Å². The summed E-state index contributed by atoms with van der Waals surface area (Å²) in [5.41, 5.74) is 5.10. The quantitative estimate of drug-likeness (QED) is 0.121. The molecule has 0 bridgehead atoms. The van der Waals surface area contributed by atoms with Crippen molar-refractivity contribution in [2.45, 2.75) is 45.6 Å². The fourth-order valence-corrected chi connectivity index (χ4v) is 6.87. The van der Waals surface area contributed by atoms with Gasteiger partial charge >= 0.3 is 0 Å². The fraction of sp³-hybridized carbons (Fsp3) is 0.179. The highest BCUT2D eigenvalue weighted by Gasteiger charge is 2.41. The third kappa shape index (κ3) is 4.97. The van der Waals surface area contributed by atoms with E-state index in [1.54, 1.807) is 71.8 Å². The van der Waals surface area contributed by atoms with Gasteiger partial charge in [-0.2, -0.15) is 0 Å². The molecule has 1 unspecified atom stereocenters. The summed E-state index contributed by atoms with van der Waals surface area (Å²) < 4.78 is 1.64. The average molecular weight is 662 g/mol. The number of rotatable bonds is 9. The van der Waals surface area contributed by atoms with E-state index in [1.165, 1.54) is 4.90 Å². The number of anilines is 1. The highest BCUT2D eigenvalue weighted by molar-refractivity contribution is 6.39. The van der Waals surface area contributed by atoms with Gasteiger partial charge in [0.2, 0.25) is 0 Å². The highest BCUT2D eigenvalue weighted by Crippen LogP contribution is 2.40. The Kier molecular flexibility index (Phi) is 7.59. The Balaban J connectivity index is 1.07. The van der Waals surface area contributed by atoms with Gasteiger partial charge in [0, 0.05) is 57.0 Å². The summed E-state index contributed by atoms with van der Waals surface area (Å²) in [5, 5.41) is 9.36. The lowest BCUT2D eigenvalue weighted by Gasteiger charge is -2.34. The number of imide groups is 2. The lowest BCUT2D eigenvalue weighted by molar-refractivity contribution is 0.0541. The summed E-state index contributed by atoms with van der Waals surface area (Å²) in [5.74, 6) is -1.85. The van der Waals surface area contributed by atoms with Gasteiger partial charge in [-0.3, -0.25) is 34.0 Å². The Labute approximate surface area is 287 Å². The number of carbonyl (C=O) groups is 4. The summed E-state index contributed by atoms with van der Waals surface area (Å²) >= 11 is 0. The van der Waals surface area contributed by atoms with E-state index < -0.39 is 23.6 Å². The molecular formula is C39H31N7O4. The van der Waals surface area contributed by atoms with E-state index in [0.717, 1.165) is 41.1 Å². The third-order valence-electron chi connectivity index (χ3n) is 9.44. The van der Waals surface area contributed by atoms with E-state index in [1.807, 2.05) is 37.3 Å². The van der Waals surface area contributed by atoms with Crippen molar-refractivity contribution in [2.24, 2.45) is 0 Å². The Bertz CT molecular complexity index is 2280. The van der Waals surface area contributed by atoms with Crippen LogP contribution in [0.5, 0.6) is 0 Å². The monoisotopic (exact) mass is 661 g/mol. The second kappa shape index (κ2) is 12.3. The van der Waals surface area contributed by atoms with Gasteiger partial charge in [-0.25, -0.2) is 9.58 Å². The summed E-state index contributed by atoms with van der Waals surface area (Å²) in [6, 6.07) is 22.4. The van der Waals surface area contributed by atoms with E-state index in [-0.39, 0.29) is 17.2 Å². The SMILES string of the molecule is CCCCCC(C)N1C(=O)c2ccc3c4c(ccc(c24)C1=O)C(=O)N(c1ccc(-c2cn(-c4ccnc(-c5ccccn5)c4)nn2)cc1)C3=O. The zero-order valence-electron chi connectivity index (χ0n) is 27.4. The number of nitrogens with zero attached hydrogens (tertiary/aromatic N) is 7. The van der Waals surface area contributed by atoms with Gasteiger partial charge in [0.15, 0.2) is 0 Å². The van der Waals surface area contributed by atoms with Crippen LogP contribution in [0.2, 0.25) is 0 Å². The maximum Gasteiger partial charge on any atom is 0.265 e. The molecule has 0 fully saturated rings. The van der Waals surface area contributed by atoms with Gasteiger partial charge in [-0.15, -0.1) is 5.10 Å². The minimum absolute atomic E-state index is 0.264. The van der Waals surface area contributed by atoms with E-state index in [4.69, 9.17) is 0 Å². The molecule has 11 heteroatoms. The van der Waals surface area contributed by atoms with Crippen LogP contribution in [0.4, 0.5) is 5.69 Å². The van der Waals surface area contributed by atoms with Crippen LogP contribution in [0, 0.1) is 0 Å². The van der Waals surface area contributed by atoms with Gasteiger partial charge < -0.3 is 0 Å². The predicted molar refractivity (Wildman–Crippen MR) is 187 cm³/mol. The predicted octanol–water partition coefficient (Wildman–Crippen LogP) is 6.91. The van der Waals surface area contributed by atoms with Crippen molar-refractivity contribution in [3.8, 4) is 28.3 Å². The van der Waals surface area contributed by atoms with E-state index >= 15 is 0 Å². The molecule has 0 aliphatic carbocycles. The molecule has 246 valence electrons. The van der Waals surface area contributed by atoms with E-state index in [2.05, 4.69) is 27.2 Å². The minimum atomic E-state index is -0.526. The van der Waals surface area contributed by atoms with Crippen LogP contribution < -0.4 is 4.90 Å². The molecule has 5 heterocycles. The number of aromatic nitrogens is 5. The minimum Gasteiger partial charge on any atom is -0.272 e. The Morgan fingerprint density at radius 3 is 1.90 bits per heavy atom. The second-order valence-electron chi connectivity index (χ2n) is 12.6. The van der Waals surface area contributed by atoms with E-state index in [9.17, 15) is 19.2 Å². The van der Waals surface area contributed by atoms with Gasteiger partial charge in [0.1, 0.15) is 5.69 Å². The summed E-state index contributed by atoms with van der Waals surface area (Å²) in [4.78, 5) is 66.5. The summed E-state index contributed by atoms with van der Waals surface area (Å²) in [6.45, 7) is 3.99. The third-order valence-corrected chi connectivity index (χ3v) is 9.44. The fourth-order valence-electron chi connectivity index (χ4n) is 6.87. The lowest BCUT2D eigenvalue weighted by atomic mass is 9.85. The zero-order chi connectivity index (χ0) is 34.5. The summed E-state index contributed by atoms with van der Waals surface area (Å²) in [6.07, 6.45) is 8.87. The second-order valence-corrected chi connectivity index (χ2v) is 12.6. The van der Waals surface area contributed by atoms with Crippen molar-refractivity contribution in [3.05, 3.63) is 120 Å². The van der Waals surface area contributed by atoms with Crippen LogP contribution in [0.3, 0.4) is 0 Å². The first-order valence-electron chi connectivity index (χ1n) is 16.6. The van der Waals surface area contributed by atoms with Crippen LogP contribution in [-0.4, -0.2) is 59.5 Å². The van der Waals surface area contributed by atoms with Crippen LogP contribution in [0.25, 0.3) is 39.1 Å². The molecule has 50 heavy (non-hydrogen) atoms. The maximum absolute atomic E-state index is 14.0. The number of unbranched alkanes of at least 4 members (excludes halogenated alkanes) is 2. The largest absolute Gasteiger partial charge is 0.272 e. The van der Waals surface area contributed by atoms with Crippen LogP contribution >= 0.6 is 0 Å². The molecular weight excluding hydrogens is 630 g/mol. The molecule has 0 spiro atoms. The van der Waals surface area contributed by atoms with Crippen LogP contribution in [0.15, 0.2) is 97.5 Å². The molecule has 4 amide bonds. The molecule has 0 saturated heterocycles. The molecule has 1 atom stereocenters. The van der Waals surface area contributed by atoms with Gasteiger partial charge in [0.25, 0.3) is 23.6 Å². The molecule has 3 aromatic heterocycles. The molecule has 0 radical (unpaired) electrons. The standard InChI is InChI=1S/C39H31N7O4/c1-3-4-5-8-23(2)45-36(47)27-14-16-29-35-30(17-15-28(34(27)35)37(45)48)39(50)46(38(29)49)25-12-10-24(11-13-25)33-22-44(43-42-33)26-18-20-41-32(21-26)31-9-6-7-19-40-31/h6-7,9-23H,3-5,8H2,1-2H3. The maximum atomic E-state index is 14.0. The van der Waals surface area contributed by atoms with Gasteiger partial charge in [-0.1, -0.05) is 49.6 Å². The number of hydrogen-bond donors (Lipinski definition) is 0. The van der Waals surface area contributed by atoms with Gasteiger partial charge in [-0.05, 0) is 74.0 Å². The average Bonchev–Trinajstić information content (AvgIpc) is 3.65. The molecule has 3 aromatic carbocycles. The Morgan fingerprint density at radius 1 is 0.640 bits per heavy atom. The number of amides is 4. The Morgan fingerprint density at radius 2 is 1.28 bits per heavy atom. The number of benzene rings is 3. The molecule has 0 N–H and O–H groups in total. The first kappa shape index (κ1) is 30.9. The first-order chi connectivity index (χ1) is 24.4. The van der Waals surface area contributed by atoms with Crippen molar-refractivity contribution in [3.63, 3.8) is 0 Å². The van der Waals surface area contributed by atoms with E-state index in [0.29, 0.717) is 45.4 Å². The van der Waals surface area contributed by atoms with Crippen molar-refractivity contribution in [1.29, 1.82) is 0 Å². The topological polar surface area (TPSA) is 131 Å². The number of hydrogen-bond acceptors (Lipinski definition) is 8. The highest BCUT2D eigenvalue weighted by atomic mass is 16.2. The first-order valence-corrected chi connectivity index (χ1v) is 16.6. The molecule has 11 nitrogen and oxygen atoms in total. The Hall–Kier alpha value is -6.36. The molecule has 2 aliphatic heterocycles. The molecule has 2 aliphatic rings. The smallest absolute Gasteiger partial charge is 0.265 e. The molecule has 8 rings (SSSR count).